The summed E-state index contributed by atoms with van der Waals surface area (Å²) in [6, 6.07) is 9.40. The molecule has 2 rings (SSSR count). The Balaban J connectivity index is 1.65. The smallest absolute Gasteiger partial charge is 0.239 e. The van der Waals surface area contributed by atoms with Crippen molar-refractivity contribution < 1.29 is 19.1 Å². The predicted octanol–water partition coefficient (Wildman–Crippen LogP) is 1.72. The first-order valence-corrected chi connectivity index (χ1v) is 9.79. The van der Waals surface area contributed by atoms with Crippen LogP contribution in [0, 0.1) is 5.92 Å². The third-order valence-corrected chi connectivity index (χ3v) is 4.48. The number of rotatable bonds is 7. The van der Waals surface area contributed by atoms with E-state index in [9.17, 15) is 14.4 Å². The average molecular weight is 389 g/mol. The molecule has 28 heavy (non-hydrogen) atoms. The number of carbonyl (C=O) groups is 3. The van der Waals surface area contributed by atoms with Gasteiger partial charge in [-0.25, -0.2) is 0 Å². The van der Waals surface area contributed by atoms with Crippen molar-refractivity contribution in [1.29, 1.82) is 0 Å². The Labute approximate surface area is 166 Å². The number of benzene rings is 1. The van der Waals surface area contributed by atoms with Gasteiger partial charge in [-0.3, -0.25) is 14.4 Å². The second-order valence-corrected chi connectivity index (χ2v) is 8.08. The van der Waals surface area contributed by atoms with Crippen molar-refractivity contribution in [2.75, 3.05) is 26.2 Å². The van der Waals surface area contributed by atoms with Crippen LogP contribution in [0.2, 0.25) is 0 Å². The fourth-order valence-corrected chi connectivity index (χ4v) is 3.10. The highest BCUT2D eigenvalue weighted by Crippen LogP contribution is 2.18. The minimum Gasteiger partial charge on any atom is -0.493 e. The predicted molar refractivity (Wildman–Crippen MR) is 107 cm³/mol. The fraction of sp³-hybridized carbons (Fsp3) is 0.571. The van der Waals surface area contributed by atoms with Gasteiger partial charge < -0.3 is 20.3 Å². The van der Waals surface area contributed by atoms with Crippen LogP contribution in [0.1, 0.15) is 40.0 Å². The molecule has 0 aromatic heterocycles. The van der Waals surface area contributed by atoms with E-state index < -0.39 is 0 Å². The van der Waals surface area contributed by atoms with Crippen molar-refractivity contribution in [1.82, 2.24) is 15.5 Å². The summed E-state index contributed by atoms with van der Waals surface area (Å²) in [7, 11) is 0. The van der Waals surface area contributed by atoms with E-state index in [-0.39, 0.29) is 35.7 Å². The molecule has 7 nitrogen and oxygen atoms in total. The maximum Gasteiger partial charge on any atom is 0.239 e. The van der Waals surface area contributed by atoms with Crippen LogP contribution in [-0.2, 0) is 14.4 Å². The molecule has 1 aromatic carbocycles. The number of hydrogen-bond acceptors (Lipinski definition) is 4. The molecule has 0 radical (unpaired) electrons. The highest BCUT2D eigenvalue weighted by atomic mass is 16.5. The lowest BCUT2D eigenvalue weighted by atomic mass is 9.95. The van der Waals surface area contributed by atoms with Gasteiger partial charge in [0, 0.05) is 24.5 Å². The summed E-state index contributed by atoms with van der Waals surface area (Å²) in [5.74, 6) is 0.308. The van der Waals surface area contributed by atoms with Crippen molar-refractivity contribution in [2.45, 2.75) is 45.6 Å². The summed E-state index contributed by atoms with van der Waals surface area (Å²) >= 11 is 0. The lowest BCUT2D eigenvalue weighted by molar-refractivity contribution is -0.136. The molecule has 3 amide bonds. The molecule has 0 unspecified atom stereocenters. The van der Waals surface area contributed by atoms with Crippen LogP contribution in [0.25, 0.3) is 0 Å². The van der Waals surface area contributed by atoms with E-state index in [0.29, 0.717) is 39.0 Å². The van der Waals surface area contributed by atoms with Crippen LogP contribution in [0.5, 0.6) is 5.75 Å². The second kappa shape index (κ2) is 10.1. The highest BCUT2D eigenvalue weighted by molar-refractivity contribution is 5.86. The normalized spacial score (nSPS) is 15.0. The lowest BCUT2D eigenvalue weighted by Crippen LogP contribution is -2.48. The molecule has 0 saturated carbocycles. The molecule has 7 heteroatoms. The molecular formula is C21H31N3O4. The zero-order valence-corrected chi connectivity index (χ0v) is 17.0. The van der Waals surface area contributed by atoms with Crippen molar-refractivity contribution >= 4 is 17.7 Å². The average Bonchev–Trinajstić information content (AvgIpc) is 2.65. The Morgan fingerprint density at radius 1 is 1.11 bits per heavy atom. The molecule has 1 aliphatic heterocycles. The van der Waals surface area contributed by atoms with Gasteiger partial charge in [0.15, 0.2) is 0 Å². The van der Waals surface area contributed by atoms with E-state index in [1.165, 1.54) is 0 Å². The summed E-state index contributed by atoms with van der Waals surface area (Å²) in [5, 5.41) is 5.51. The largest absolute Gasteiger partial charge is 0.493 e. The fourth-order valence-electron chi connectivity index (χ4n) is 3.10. The summed E-state index contributed by atoms with van der Waals surface area (Å²) in [6.45, 7) is 7.10. The number of nitrogens with one attached hydrogen (secondary N) is 2. The quantitative estimate of drug-likeness (QED) is 0.743. The van der Waals surface area contributed by atoms with E-state index in [2.05, 4.69) is 10.6 Å². The number of likely N-dealkylation sites (tertiary alicyclic amines) is 1. The number of carbonyl (C=O) groups excluding carboxylic acids is 3. The summed E-state index contributed by atoms with van der Waals surface area (Å²) < 4.78 is 5.57. The lowest BCUT2D eigenvalue weighted by Gasteiger charge is -2.31. The number of ether oxygens (including phenoxy) is 1. The van der Waals surface area contributed by atoms with Crippen LogP contribution in [0.4, 0.5) is 0 Å². The number of hydrogen-bond donors (Lipinski definition) is 2. The number of amides is 3. The van der Waals surface area contributed by atoms with E-state index in [1.54, 1.807) is 4.90 Å². The van der Waals surface area contributed by atoms with Crippen LogP contribution in [0.3, 0.4) is 0 Å². The molecular weight excluding hydrogens is 358 g/mol. The van der Waals surface area contributed by atoms with Gasteiger partial charge in [0.05, 0.1) is 19.6 Å². The number of piperidine rings is 1. The summed E-state index contributed by atoms with van der Waals surface area (Å²) in [4.78, 5) is 38.1. The number of nitrogens with zero attached hydrogens (tertiary/aromatic N) is 1. The van der Waals surface area contributed by atoms with E-state index >= 15 is 0 Å². The molecule has 0 bridgehead atoms. The zero-order chi connectivity index (χ0) is 20.6. The minimum atomic E-state index is -0.322. The standard InChI is InChI=1S/C21H31N3O4/c1-21(2,3)23-18(25)15-22-20(27)16-9-12-24(13-10-16)19(26)11-14-28-17-7-5-4-6-8-17/h4-8,16H,9-15H2,1-3H3,(H,22,27)(H,23,25). The monoisotopic (exact) mass is 389 g/mol. The molecule has 1 heterocycles. The summed E-state index contributed by atoms with van der Waals surface area (Å²) in [6.07, 6.45) is 1.54. The Bertz CT molecular complexity index is 662. The zero-order valence-electron chi connectivity index (χ0n) is 17.0. The Morgan fingerprint density at radius 2 is 1.75 bits per heavy atom. The molecule has 0 spiro atoms. The molecule has 2 N–H and O–H groups in total. The minimum absolute atomic E-state index is 0.0218. The highest BCUT2D eigenvalue weighted by Gasteiger charge is 2.27. The van der Waals surface area contributed by atoms with Gasteiger partial charge in [-0.05, 0) is 45.7 Å². The summed E-state index contributed by atoms with van der Waals surface area (Å²) in [5.41, 5.74) is -0.322. The molecule has 1 aliphatic rings. The molecule has 154 valence electrons. The van der Waals surface area contributed by atoms with Crippen molar-refractivity contribution in [2.24, 2.45) is 5.92 Å². The van der Waals surface area contributed by atoms with E-state index in [1.807, 2.05) is 51.1 Å². The Hall–Kier alpha value is -2.57. The third-order valence-electron chi connectivity index (χ3n) is 4.48. The second-order valence-electron chi connectivity index (χ2n) is 8.08. The molecule has 1 aromatic rings. The van der Waals surface area contributed by atoms with Crippen molar-refractivity contribution in [3.05, 3.63) is 30.3 Å². The van der Waals surface area contributed by atoms with E-state index in [4.69, 9.17) is 4.74 Å². The van der Waals surface area contributed by atoms with Gasteiger partial charge in [-0.2, -0.15) is 0 Å². The van der Waals surface area contributed by atoms with Gasteiger partial charge in [0.1, 0.15) is 5.75 Å². The number of para-hydroxylation sites is 1. The first kappa shape index (κ1) is 21.7. The molecule has 1 fully saturated rings. The molecule has 0 aliphatic carbocycles. The maximum atomic E-state index is 12.3. The van der Waals surface area contributed by atoms with Crippen LogP contribution < -0.4 is 15.4 Å². The third kappa shape index (κ3) is 7.58. The maximum absolute atomic E-state index is 12.3. The van der Waals surface area contributed by atoms with E-state index in [0.717, 1.165) is 5.75 Å². The van der Waals surface area contributed by atoms with Gasteiger partial charge in [-0.15, -0.1) is 0 Å². The first-order chi connectivity index (χ1) is 13.2. The van der Waals surface area contributed by atoms with Gasteiger partial charge in [0.25, 0.3) is 0 Å². The van der Waals surface area contributed by atoms with Crippen LogP contribution in [0.15, 0.2) is 30.3 Å². The molecule has 0 atom stereocenters. The van der Waals surface area contributed by atoms with Gasteiger partial charge in [0.2, 0.25) is 17.7 Å². The topological polar surface area (TPSA) is 87.7 Å². The van der Waals surface area contributed by atoms with Gasteiger partial charge in [-0.1, -0.05) is 18.2 Å². The van der Waals surface area contributed by atoms with Gasteiger partial charge >= 0.3 is 0 Å². The first-order valence-electron chi connectivity index (χ1n) is 9.79. The van der Waals surface area contributed by atoms with Crippen molar-refractivity contribution in [3.8, 4) is 5.75 Å². The van der Waals surface area contributed by atoms with Crippen LogP contribution >= 0.6 is 0 Å². The SMILES string of the molecule is CC(C)(C)NC(=O)CNC(=O)C1CCN(C(=O)CCOc2ccccc2)CC1. The molecule has 1 saturated heterocycles. The van der Waals surface area contributed by atoms with Crippen molar-refractivity contribution in [3.63, 3.8) is 0 Å². The van der Waals surface area contributed by atoms with Crippen LogP contribution in [-0.4, -0.2) is 54.4 Å². The Kier molecular flexibility index (Phi) is 7.84. The Morgan fingerprint density at radius 3 is 2.36 bits per heavy atom.